The first-order valence-electron chi connectivity index (χ1n) is 15.8. The molecule has 2 aromatic rings. The molecule has 0 unspecified atom stereocenters. The van der Waals surface area contributed by atoms with Gasteiger partial charge >= 0.3 is 18.3 Å². The van der Waals surface area contributed by atoms with Gasteiger partial charge in [0.25, 0.3) is 0 Å². The smallest absolute Gasteiger partial charge is 0.389 e. The van der Waals surface area contributed by atoms with Crippen molar-refractivity contribution >= 4 is 40.9 Å². The Morgan fingerprint density at radius 1 is 0.898 bits per heavy atom. The van der Waals surface area contributed by atoms with Crippen LogP contribution in [0.4, 0.5) is 26.3 Å². The van der Waals surface area contributed by atoms with E-state index in [-0.39, 0.29) is 30.8 Å². The van der Waals surface area contributed by atoms with Gasteiger partial charge in [-0.05, 0) is 51.3 Å². The normalized spacial score (nSPS) is 16.6. The van der Waals surface area contributed by atoms with Crippen LogP contribution in [0.15, 0.2) is 59.6 Å². The Morgan fingerprint density at radius 2 is 1.49 bits per heavy atom. The van der Waals surface area contributed by atoms with Gasteiger partial charge in [-0.25, -0.2) is 0 Å². The van der Waals surface area contributed by atoms with Gasteiger partial charge in [-0.3, -0.25) is 24.2 Å². The summed E-state index contributed by atoms with van der Waals surface area (Å²) in [4.78, 5) is 56.9. The van der Waals surface area contributed by atoms with E-state index in [2.05, 4.69) is 10.3 Å². The SMILES string of the molecule is CC(C)(C)OC(=O)CCCSCC(=O)[C@@H](CCC(F)(F)F)[C@@H](CCC(F)(F)F)C(=O)N[C@H]1N=C(c2ccccc2)c2ccccc2CC1=O. The summed E-state index contributed by atoms with van der Waals surface area (Å²) in [5, 5.41) is 2.38. The zero-order valence-electron chi connectivity index (χ0n) is 27.5. The van der Waals surface area contributed by atoms with E-state index >= 15 is 0 Å². The van der Waals surface area contributed by atoms with Gasteiger partial charge in [0.05, 0.1) is 11.5 Å². The second kappa shape index (κ2) is 17.3. The predicted octanol–water partition coefficient (Wildman–Crippen LogP) is 7.43. The maximum atomic E-state index is 13.7. The topological polar surface area (TPSA) is 102 Å². The molecular weight excluding hydrogens is 674 g/mol. The zero-order chi connectivity index (χ0) is 36.4. The molecule has 0 aliphatic carbocycles. The van der Waals surface area contributed by atoms with Crippen molar-refractivity contribution in [2.24, 2.45) is 16.8 Å². The van der Waals surface area contributed by atoms with E-state index in [0.29, 0.717) is 22.4 Å². The van der Waals surface area contributed by atoms with Crippen molar-refractivity contribution in [2.75, 3.05) is 11.5 Å². The number of thioether (sulfide) groups is 1. The van der Waals surface area contributed by atoms with Crippen molar-refractivity contribution < 1.29 is 50.3 Å². The zero-order valence-corrected chi connectivity index (χ0v) is 28.3. The Bertz CT molecular complexity index is 1490. The van der Waals surface area contributed by atoms with E-state index in [1.165, 1.54) is 0 Å². The molecule has 0 aromatic heterocycles. The minimum atomic E-state index is -4.77. The summed E-state index contributed by atoms with van der Waals surface area (Å²) in [7, 11) is 0. The second-order valence-corrected chi connectivity index (χ2v) is 13.9. The average molecular weight is 715 g/mol. The first-order chi connectivity index (χ1) is 22.8. The van der Waals surface area contributed by atoms with Gasteiger partial charge in [0, 0.05) is 48.6 Å². The second-order valence-electron chi connectivity index (χ2n) is 12.8. The minimum absolute atomic E-state index is 0.0251. The molecule has 0 spiro atoms. The van der Waals surface area contributed by atoms with E-state index in [9.17, 15) is 45.5 Å². The number of hydrogen-bond acceptors (Lipinski definition) is 7. The van der Waals surface area contributed by atoms with Crippen molar-refractivity contribution in [1.82, 2.24) is 5.32 Å². The molecule has 0 radical (unpaired) electrons. The number of fused-ring (bicyclic) bond motifs is 1. The van der Waals surface area contributed by atoms with Gasteiger partial charge in [0.15, 0.2) is 11.9 Å². The van der Waals surface area contributed by atoms with Crippen LogP contribution in [0.25, 0.3) is 0 Å². The van der Waals surface area contributed by atoms with Gasteiger partial charge < -0.3 is 10.1 Å². The van der Waals surface area contributed by atoms with Crippen LogP contribution in [0.1, 0.15) is 76.0 Å². The predicted molar refractivity (Wildman–Crippen MR) is 174 cm³/mol. The Labute approximate surface area is 285 Å². The number of ketones is 2. The third-order valence-electron chi connectivity index (χ3n) is 7.57. The summed E-state index contributed by atoms with van der Waals surface area (Å²) in [6, 6.07) is 15.6. The molecule has 2 aromatic carbocycles. The van der Waals surface area contributed by atoms with Crippen LogP contribution >= 0.6 is 11.8 Å². The van der Waals surface area contributed by atoms with Crippen molar-refractivity contribution in [2.45, 2.75) is 89.8 Å². The maximum absolute atomic E-state index is 13.7. The molecule has 3 atom stereocenters. The van der Waals surface area contributed by atoms with Gasteiger partial charge in [-0.2, -0.15) is 38.1 Å². The lowest BCUT2D eigenvalue weighted by Gasteiger charge is -2.27. The van der Waals surface area contributed by atoms with Crippen molar-refractivity contribution in [3.05, 3.63) is 71.3 Å². The summed E-state index contributed by atoms with van der Waals surface area (Å²) in [5.74, 6) is -6.75. The Morgan fingerprint density at radius 3 is 2.10 bits per heavy atom. The number of rotatable bonds is 15. The summed E-state index contributed by atoms with van der Waals surface area (Å²) < 4.78 is 85.6. The Kier molecular flexibility index (Phi) is 14.0. The average Bonchev–Trinajstić information content (AvgIpc) is 3.12. The highest BCUT2D eigenvalue weighted by Gasteiger charge is 2.41. The number of hydrogen-bond donors (Lipinski definition) is 1. The van der Waals surface area contributed by atoms with E-state index in [1.807, 2.05) is 0 Å². The number of amides is 1. The largest absolute Gasteiger partial charge is 0.460 e. The molecule has 0 saturated heterocycles. The molecule has 1 amide bonds. The molecule has 0 fully saturated rings. The molecule has 49 heavy (non-hydrogen) atoms. The lowest BCUT2D eigenvalue weighted by atomic mass is 9.81. The molecule has 268 valence electrons. The number of benzene rings is 2. The number of halogens is 6. The van der Waals surface area contributed by atoms with Crippen LogP contribution in [-0.2, 0) is 30.3 Å². The minimum Gasteiger partial charge on any atom is -0.460 e. The fourth-order valence-corrected chi connectivity index (χ4v) is 6.28. The van der Waals surface area contributed by atoms with Crippen LogP contribution in [0.2, 0.25) is 0 Å². The fourth-order valence-electron chi connectivity index (χ4n) is 5.37. The molecule has 0 saturated carbocycles. The van der Waals surface area contributed by atoms with Crippen molar-refractivity contribution in [3.8, 4) is 0 Å². The number of ether oxygens (including phenoxy) is 1. The number of esters is 1. The molecule has 3 rings (SSSR count). The standard InChI is InChI=1S/C35H40F6N2O5S/c1-33(2,3)48-29(46)14-9-19-49-21-28(45)25(15-17-34(36,37)38)26(16-18-35(39,40)41)32(47)43-31-27(44)20-23-12-7-8-13-24(23)30(42-31)22-10-5-4-6-11-22/h4-8,10-13,25-26,31H,9,14-21H2,1-3H3,(H,43,47)/t25-,26+,31+/m0/s1. The van der Waals surface area contributed by atoms with E-state index in [1.54, 1.807) is 75.4 Å². The third kappa shape index (κ3) is 13.6. The van der Waals surface area contributed by atoms with Gasteiger partial charge in [-0.1, -0.05) is 54.6 Å². The number of carbonyl (C=O) groups is 4. The number of aliphatic imine (C=N–C) groups is 1. The van der Waals surface area contributed by atoms with Gasteiger partial charge in [-0.15, -0.1) is 0 Å². The molecular formula is C35H40F6N2O5S. The molecule has 1 heterocycles. The fraction of sp³-hybridized carbons (Fsp3) is 0.514. The Balaban J connectivity index is 1.87. The summed E-state index contributed by atoms with van der Waals surface area (Å²) in [5.41, 5.74) is 1.44. The molecule has 7 nitrogen and oxygen atoms in total. The van der Waals surface area contributed by atoms with E-state index < -0.39 is 85.1 Å². The number of nitrogens with zero attached hydrogens (tertiary/aromatic N) is 1. The van der Waals surface area contributed by atoms with E-state index in [4.69, 9.17) is 4.74 Å². The van der Waals surface area contributed by atoms with E-state index in [0.717, 1.165) is 11.8 Å². The maximum Gasteiger partial charge on any atom is 0.389 e. The molecule has 1 N–H and O–H groups in total. The quantitative estimate of drug-likeness (QED) is 0.117. The van der Waals surface area contributed by atoms with Crippen LogP contribution in [0.5, 0.6) is 0 Å². The monoisotopic (exact) mass is 714 g/mol. The number of carbonyl (C=O) groups excluding carboxylic acids is 4. The lowest BCUT2D eigenvalue weighted by molar-refractivity contribution is -0.154. The van der Waals surface area contributed by atoms with Gasteiger partial charge in [0.1, 0.15) is 11.4 Å². The first-order valence-corrected chi connectivity index (χ1v) is 17.0. The number of nitrogens with one attached hydrogen (secondary N) is 1. The molecule has 0 bridgehead atoms. The van der Waals surface area contributed by atoms with Crippen molar-refractivity contribution in [1.29, 1.82) is 0 Å². The molecule has 14 heteroatoms. The first kappa shape index (κ1) is 39.8. The molecule has 1 aliphatic rings. The summed E-state index contributed by atoms with van der Waals surface area (Å²) >= 11 is 0.997. The Hall–Kier alpha value is -3.68. The lowest BCUT2D eigenvalue weighted by Crippen LogP contribution is -2.46. The number of Topliss-reactive ketones (excluding diaryl/α,β-unsaturated/α-hetero) is 2. The third-order valence-corrected chi connectivity index (χ3v) is 8.64. The van der Waals surface area contributed by atoms with Crippen LogP contribution in [-0.4, -0.2) is 64.8 Å². The summed E-state index contributed by atoms with van der Waals surface area (Å²) in [6.45, 7) is 5.10. The van der Waals surface area contributed by atoms with Crippen LogP contribution < -0.4 is 5.32 Å². The van der Waals surface area contributed by atoms with Gasteiger partial charge in [0.2, 0.25) is 5.91 Å². The van der Waals surface area contributed by atoms with Crippen molar-refractivity contribution in [3.63, 3.8) is 0 Å². The molecule has 1 aliphatic heterocycles. The van der Waals surface area contributed by atoms with Crippen LogP contribution in [0, 0.1) is 11.8 Å². The highest BCUT2D eigenvalue weighted by atomic mass is 32.2. The summed E-state index contributed by atoms with van der Waals surface area (Å²) in [6.07, 6.45) is -15.9. The highest BCUT2D eigenvalue weighted by molar-refractivity contribution is 7.99. The van der Waals surface area contributed by atoms with Crippen LogP contribution in [0.3, 0.4) is 0 Å². The highest BCUT2D eigenvalue weighted by Crippen LogP contribution is 2.34. The number of alkyl halides is 6.